The Hall–Kier alpha value is -3.64. The monoisotopic (exact) mass is 462 g/mol. The molecule has 7 heteroatoms. The second kappa shape index (κ2) is 9.46. The second-order valence-electron chi connectivity index (χ2n) is 7.75. The Balaban J connectivity index is 1.84. The van der Waals surface area contributed by atoms with E-state index >= 15 is 0 Å². The van der Waals surface area contributed by atoms with Gasteiger partial charge in [-0.25, -0.2) is 0 Å². The molecule has 0 saturated carbocycles. The van der Waals surface area contributed by atoms with Crippen LogP contribution in [-0.4, -0.2) is 33.3 Å². The van der Waals surface area contributed by atoms with E-state index in [0.29, 0.717) is 28.5 Å². The smallest absolute Gasteiger partial charge is 0.295 e. The number of ketones is 1. The molecule has 1 saturated heterocycles. The number of likely N-dealkylation sites (tertiary alicyclic amines) is 1. The molecule has 6 nitrogen and oxygen atoms in total. The zero-order valence-corrected chi connectivity index (χ0v) is 19.0. The molecule has 4 rings (SSSR count). The van der Waals surface area contributed by atoms with Gasteiger partial charge in [-0.1, -0.05) is 23.7 Å². The quantitative estimate of drug-likeness (QED) is 0.314. The van der Waals surface area contributed by atoms with Crippen LogP contribution >= 0.6 is 11.6 Å². The topological polar surface area (TPSA) is 79.7 Å². The third-order valence-electron chi connectivity index (χ3n) is 5.58. The average Bonchev–Trinajstić information content (AvgIpc) is 3.06. The number of rotatable bonds is 6. The number of nitrogens with zero attached hydrogens (tertiary/aromatic N) is 2. The fourth-order valence-corrected chi connectivity index (χ4v) is 4.12. The van der Waals surface area contributed by atoms with Crippen LogP contribution in [0.15, 0.2) is 72.6 Å². The lowest BCUT2D eigenvalue weighted by Gasteiger charge is -2.25. The molecule has 1 N–H and O–H groups in total. The first-order chi connectivity index (χ1) is 15.9. The lowest BCUT2D eigenvalue weighted by atomic mass is 9.94. The SMILES string of the molecule is CCOc1ccc(/C(O)=C2/C(=O)C(=O)N(Cc3ccncc3)C2c2ccc(Cl)cc2)cc1C. The Morgan fingerprint density at radius 3 is 2.42 bits per heavy atom. The number of aromatic nitrogens is 1. The van der Waals surface area contributed by atoms with E-state index in [2.05, 4.69) is 4.98 Å². The summed E-state index contributed by atoms with van der Waals surface area (Å²) in [6.07, 6.45) is 3.26. The maximum absolute atomic E-state index is 13.2. The van der Waals surface area contributed by atoms with Gasteiger partial charge in [0.25, 0.3) is 11.7 Å². The Bertz CT molecular complexity index is 1220. The lowest BCUT2D eigenvalue weighted by Crippen LogP contribution is -2.29. The van der Waals surface area contributed by atoms with Crippen LogP contribution in [-0.2, 0) is 16.1 Å². The van der Waals surface area contributed by atoms with E-state index in [1.165, 1.54) is 4.90 Å². The number of aliphatic hydroxyl groups excluding tert-OH is 1. The molecule has 2 aromatic carbocycles. The summed E-state index contributed by atoms with van der Waals surface area (Å²) >= 11 is 6.07. The highest BCUT2D eigenvalue weighted by Gasteiger charge is 2.46. The molecule has 1 amide bonds. The molecule has 1 aliphatic heterocycles. The van der Waals surface area contributed by atoms with Crippen LogP contribution in [0.25, 0.3) is 5.76 Å². The van der Waals surface area contributed by atoms with Crippen molar-refractivity contribution in [3.05, 3.63) is 99.8 Å². The minimum absolute atomic E-state index is 0.0416. The number of halogens is 1. The number of hydrogen-bond donors (Lipinski definition) is 1. The minimum atomic E-state index is -0.762. The predicted octanol–water partition coefficient (Wildman–Crippen LogP) is 5.06. The fraction of sp³-hybridized carbons (Fsp3) is 0.192. The molecule has 1 aliphatic rings. The molecule has 0 aliphatic carbocycles. The lowest BCUT2D eigenvalue weighted by molar-refractivity contribution is -0.140. The van der Waals surface area contributed by atoms with Gasteiger partial charge in [0, 0.05) is 29.5 Å². The van der Waals surface area contributed by atoms with Crippen LogP contribution in [0.1, 0.15) is 35.2 Å². The summed E-state index contributed by atoms with van der Waals surface area (Å²) in [4.78, 5) is 31.7. The van der Waals surface area contributed by atoms with Crippen LogP contribution in [0.2, 0.25) is 5.02 Å². The van der Waals surface area contributed by atoms with Crippen LogP contribution in [0, 0.1) is 6.92 Å². The van der Waals surface area contributed by atoms with Gasteiger partial charge in [0.1, 0.15) is 11.5 Å². The number of carbonyl (C=O) groups excluding carboxylic acids is 2. The van der Waals surface area contributed by atoms with Crippen molar-refractivity contribution in [2.24, 2.45) is 0 Å². The first-order valence-electron chi connectivity index (χ1n) is 10.6. The molecule has 1 atom stereocenters. The van der Waals surface area contributed by atoms with Crippen LogP contribution in [0.5, 0.6) is 5.75 Å². The van der Waals surface area contributed by atoms with Crippen molar-refractivity contribution in [3.8, 4) is 5.75 Å². The van der Waals surface area contributed by atoms with Gasteiger partial charge in [-0.2, -0.15) is 0 Å². The van der Waals surface area contributed by atoms with Crippen LogP contribution in [0.4, 0.5) is 0 Å². The summed E-state index contributed by atoms with van der Waals surface area (Å²) in [5, 5.41) is 11.8. The van der Waals surface area contributed by atoms with Gasteiger partial charge in [-0.15, -0.1) is 0 Å². The number of pyridine rings is 1. The number of aliphatic hydroxyl groups is 1. The number of Topliss-reactive ketones (excluding diaryl/α,β-unsaturated/α-hetero) is 1. The van der Waals surface area contributed by atoms with Gasteiger partial charge in [0.05, 0.1) is 18.2 Å². The van der Waals surface area contributed by atoms with E-state index in [9.17, 15) is 14.7 Å². The Labute approximate surface area is 197 Å². The molecule has 1 fully saturated rings. The molecule has 2 heterocycles. The molecule has 3 aromatic rings. The summed E-state index contributed by atoms with van der Waals surface area (Å²) in [6, 6.07) is 14.9. The zero-order valence-electron chi connectivity index (χ0n) is 18.3. The van der Waals surface area contributed by atoms with Crippen molar-refractivity contribution in [2.45, 2.75) is 26.4 Å². The fourth-order valence-electron chi connectivity index (χ4n) is 3.99. The van der Waals surface area contributed by atoms with Crippen molar-refractivity contribution >= 4 is 29.1 Å². The van der Waals surface area contributed by atoms with Crippen molar-refractivity contribution in [1.82, 2.24) is 9.88 Å². The first kappa shape index (κ1) is 22.6. The predicted molar refractivity (Wildman–Crippen MR) is 126 cm³/mol. The number of aryl methyl sites for hydroxylation is 1. The highest BCUT2D eigenvalue weighted by Crippen LogP contribution is 2.41. The average molecular weight is 463 g/mol. The van der Waals surface area contributed by atoms with E-state index in [4.69, 9.17) is 16.3 Å². The first-order valence-corrected chi connectivity index (χ1v) is 10.9. The molecular weight excluding hydrogens is 440 g/mol. The number of carbonyl (C=O) groups is 2. The van der Waals surface area contributed by atoms with Crippen molar-refractivity contribution < 1.29 is 19.4 Å². The molecule has 0 spiro atoms. The van der Waals surface area contributed by atoms with Gasteiger partial charge < -0.3 is 14.7 Å². The van der Waals surface area contributed by atoms with E-state index < -0.39 is 17.7 Å². The Morgan fingerprint density at radius 1 is 1.09 bits per heavy atom. The largest absolute Gasteiger partial charge is 0.507 e. The number of benzene rings is 2. The van der Waals surface area contributed by atoms with E-state index in [1.54, 1.807) is 67.0 Å². The number of ether oxygens (including phenoxy) is 1. The molecule has 0 bridgehead atoms. The van der Waals surface area contributed by atoms with E-state index in [1.807, 2.05) is 13.8 Å². The molecule has 1 aromatic heterocycles. The van der Waals surface area contributed by atoms with Gasteiger partial charge in [0.15, 0.2) is 0 Å². The van der Waals surface area contributed by atoms with Crippen molar-refractivity contribution in [1.29, 1.82) is 0 Å². The summed E-state index contributed by atoms with van der Waals surface area (Å²) in [7, 11) is 0. The second-order valence-corrected chi connectivity index (χ2v) is 8.18. The molecule has 1 unspecified atom stereocenters. The molecular formula is C26H23ClN2O4. The highest BCUT2D eigenvalue weighted by molar-refractivity contribution is 6.46. The standard InChI is InChI=1S/C26H23ClN2O4/c1-3-33-21-9-6-19(14-16(21)2)24(30)22-23(18-4-7-20(27)8-5-18)29(26(32)25(22)31)15-17-10-12-28-13-11-17/h4-14,23,30H,3,15H2,1-2H3/b24-22-. The van der Waals surface area contributed by atoms with E-state index in [0.717, 1.165) is 11.1 Å². The number of hydrogen-bond acceptors (Lipinski definition) is 5. The third kappa shape index (κ3) is 4.47. The number of amides is 1. The third-order valence-corrected chi connectivity index (χ3v) is 5.83. The van der Waals surface area contributed by atoms with Crippen LogP contribution in [0.3, 0.4) is 0 Å². The summed E-state index contributed by atoms with van der Waals surface area (Å²) in [5.41, 5.74) is 2.80. The van der Waals surface area contributed by atoms with Gasteiger partial charge in [0.2, 0.25) is 0 Å². The highest BCUT2D eigenvalue weighted by atomic mass is 35.5. The van der Waals surface area contributed by atoms with Crippen molar-refractivity contribution in [3.63, 3.8) is 0 Å². The van der Waals surface area contributed by atoms with Crippen molar-refractivity contribution in [2.75, 3.05) is 6.61 Å². The summed E-state index contributed by atoms with van der Waals surface area (Å²) < 4.78 is 5.58. The normalized spacial score (nSPS) is 17.4. The molecule has 33 heavy (non-hydrogen) atoms. The Kier molecular flexibility index (Phi) is 6.47. The van der Waals surface area contributed by atoms with Gasteiger partial charge >= 0.3 is 0 Å². The maximum atomic E-state index is 13.2. The summed E-state index contributed by atoms with van der Waals surface area (Å²) in [6.45, 7) is 4.46. The van der Waals surface area contributed by atoms with E-state index in [-0.39, 0.29) is 17.9 Å². The minimum Gasteiger partial charge on any atom is -0.507 e. The van der Waals surface area contributed by atoms with Gasteiger partial charge in [-0.05, 0) is 73.0 Å². The maximum Gasteiger partial charge on any atom is 0.295 e. The Morgan fingerprint density at radius 2 is 1.79 bits per heavy atom. The van der Waals surface area contributed by atoms with Crippen LogP contribution < -0.4 is 4.74 Å². The molecule has 168 valence electrons. The summed E-state index contributed by atoms with van der Waals surface area (Å²) in [5.74, 6) is -0.929. The van der Waals surface area contributed by atoms with Gasteiger partial charge in [-0.3, -0.25) is 14.6 Å². The zero-order chi connectivity index (χ0) is 23.5. The molecule has 0 radical (unpaired) electrons.